The molecule has 2 atom stereocenters. The van der Waals surface area contributed by atoms with Crippen molar-refractivity contribution in [1.82, 2.24) is 9.55 Å². The molecular formula is C32H52N2O. The van der Waals surface area contributed by atoms with Crippen molar-refractivity contribution in [3.8, 4) is 0 Å². The molecule has 0 saturated carbocycles. The fraction of sp³-hybridized carbons (Fsp3) is 0.688. The lowest BCUT2D eigenvalue weighted by Crippen LogP contribution is -2.13. The summed E-state index contributed by atoms with van der Waals surface area (Å²) in [4.78, 5) is 17.2. The van der Waals surface area contributed by atoms with E-state index in [0.29, 0.717) is 11.8 Å². The number of hydrogen-bond acceptors (Lipinski definition) is 2. The van der Waals surface area contributed by atoms with E-state index in [1.807, 2.05) is 18.7 Å². The lowest BCUT2D eigenvalue weighted by atomic mass is 9.88. The summed E-state index contributed by atoms with van der Waals surface area (Å²) < 4.78 is 2.19. The minimum atomic E-state index is 0.0410. The molecule has 0 bridgehead atoms. The largest absolute Gasteiger partial charge is 0.330 e. The molecule has 0 amide bonds. The highest BCUT2D eigenvalue weighted by atomic mass is 16.1. The molecule has 196 valence electrons. The molecule has 2 unspecified atom stereocenters. The van der Waals surface area contributed by atoms with E-state index in [1.54, 1.807) is 0 Å². The number of benzene rings is 1. The van der Waals surface area contributed by atoms with Gasteiger partial charge in [-0.3, -0.25) is 4.79 Å². The summed E-state index contributed by atoms with van der Waals surface area (Å²) in [7, 11) is 0. The van der Waals surface area contributed by atoms with Crippen LogP contribution in [0.1, 0.15) is 153 Å². The monoisotopic (exact) mass is 480 g/mol. The Hall–Kier alpha value is -1.90. The molecule has 0 radical (unpaired) electrons. The molecule has 0 saturated heterocycles. The summed E-state index contributed by atoms with van der Waals surface area (Å²) in [6.07, 6.45) is 27.1. The van der Waals surface area contributed by atoms with E-state index < -0.39 is 0 Å². The van der Waals surface area contributed by atoms with E-state index in [-0.39, 0.29) is 5.92 Å². The SMILES string of the molecule is CCCCCCCCCCCCCCCC(=O)C(CC)c1ccc(C(CCC)n2ccnc2)cc1. The van der Waals surface area contributed by atoms with Gasteiger partial charge in [0.1, 0.15) is 5.78 Å². The van der Waals surface area contributed by atoms with Crippen LogP contribution in [-0.2, 0) is 4.79 Å². The molecule has 2 rings (SSSR count). The fourth-order valence-electron chi connectivity index (χ4n) is 5.31. The number of imidazole rings is 1. The normalized spacial score (nSPS) is 13.1. The van der Waals surface area contributed by atoms with E-state index in [1.165, 1.54) is 88.2 Å². The molecule has 3 nitrogen and oxygen atoms in total. The van der Waals surface area contributed by atoms with Crippen LogP contribution in [0.15, 0.2) is 43.0 Å². The van der Waals surface area contributed by atoms with Crippen molar-refractivity contribution in [2.24, 2.45) is 0 Å². The quantitative estimate of drug-likeness (QED) is 0.167. The van der Waals surface area contributed by atoms with E-state index in [2.05, 4.69) is 54.6 Å². The van der Waals surface area contributed by atoms with E-state index in [0.717, 1.165) is 32.1 Å². The molecule has 0 aliphatic heterocycles. The number of aromatic nitrogens is 2. The summed E-state index contributed by atoms with van der Waals surface area (Å²) in [6.45, 7) is 6.65. The lowest BCUT2D eigenvalue weighted by molar-refractivity contribution is -0.120. The minimum Gasteiger partial charge on any atom is -0.330 e. The first kappa shape index (κ1) is 29.3. The zero-order valence-electron chi connectivity index (χ0n) is 23.0. The molecule has 0 aliphatic carbocycles. The Bertz CT molecular complexity index is 765. The third kappa shape index (κ3) is 11.1. The van der Waals surface area contributed by atoms with Gasteiger partial charge in [0.15, 0.2) is 0 Å². The molecule has 0 N–H and O–H groups in total. The second-order valence-electron chi connectivity index (χ2n) is 10.4. The summed E-state index contributed by atoms with van der Waals surface area (Å²) in [5, 5.41) is 0. The van der Waals surface area contributed by atoms with Crippen molar-refractivity contribution in [1.29, 1.82) is 0 Å². The molecule has 0 spiro atoms. The van der Waals surface area contributed by atoms with Gasteiger partial charge in [0.05, 0.1) is 12.4 Å². The predicted octanol–water partition coefficient (Wildman–Crippen LogP) is 9.82. The molecule has 0 fully saturated rings. The van der Waals surface area contributed by atoms with Crippen LogP contribution >= 0.6 is 0 Å². The second-order valence-corrected chi connectivity index (χ2v) is 10.4. The van der Waals surface area contributed by atoms with Crippen molar-refractivity contribution in [2.45, 2.75) is 142 Å². The van der Waals surface area contributed by atoms with Crippen molar-refractivity contribution >= 4 is 5.78 Å². The maximum absolute atomic E-state index is 13.0. The van der Waals surface area contributed by atoms with E-state index in [9.17, 15) is 4.79 Å². The van der Waals surface area contributed by atoms with E-state index in [4.69, 9.17) is 0 Å². The van der Waals surface area contributed by atoms with Crippen molar-refractivity contribution in [2.75, 3.05) is 0 Å². The van der Waals surface area contributed by atoms with Gasteiger partial charge >= 0.3 is 0 Å². The number of carbonyl (C=O) groups excluding carboxylic acids is 1. The highest BCUT2D eigenvalue weighted by molar-refractivity contribution is 5.85. The van der Waals surface area contributed by atoms with Gasteiger partial charge in [-0.2, -0.15) is 0 Å². The van der Waals surface area contributed by atoms with Gasteiger partial charge in [-0.05, 0) is 30.4 Å². The number of carbonyl (C=O) groups is 1. The molecule has 3 heteroatoms. The molecule has 35 heavy (non-hydrogen) atoms. The summed E-state index contributed by atoms with van der Waals surface area (Å²) >= 11 is 0. The molecule has 1 aromatic heterocycles. The van der Waals surface area contributed by atoms with Crippen LogP contribution in [0.5, 0.6) is 0 Å². The average Bonchev–Trinajstić information content (AvgIpc) is 3.41. The average molecular weight is 481 g/mol. The third-order valence-corrected chi connectivity index (χ3v) is 7.49. The first-order valence-corrected chi connectivity index (χ1v) is 14.8. The standard InChI is InChI=1S/C32H52N2O/c1-4-7-8-9-10-11-12-13-14-15-16-17-18-20-32(35)30(6-3)28-21-23-29(24-22-28)31(19-5-2)34-26-25-33-27-34/h21-27,30-31H,4-20H2,1-3H3. The number of ketones is 1. The van der Waals surface area contributed by atoms with Crippen LogP contribution < -0.4 is 0 Å². The Labute approximate surface area is 216 Å². The Morgan fingerprint density at radius 1 is 0.743 bits per heavy atom. The molecular weight excluding hydrogens is 428 g/mol. The second kappa shape index (κ2) is 18.4. The summed E-state index contributed by atoms with van der Waals surface area (Å²) in [6, 6.07) is 9.13. The minimum absolute atomic E-state index is 0.0410. The highest BCUT2D eigenvalue weighted by Crippen LogP contribution is 2.28. The van der Waals surface area contributed by atoms with Gasteiger partial charge < -0.3 is 4.57 Å². The number of Topliss-reactive ketones (excluding diaryl/α,β-unsaturated/α-hetero) is 1. The Kier molecular flexibility index (Phi) is 15.4. The maximum atomic E-state index is 13.0. The zero-order chi connectivity index (χ0) is 25.1. The Balaban J connectivity index is 1.65. The van der Waals surface area contributed by atoms with Gasteiger partial charge in [0.25, 0.3) is 0 Å². The number of rotatable bonds is 21. The van der Waals surface area contributed by atoms with E-state index >= 15 is 0 Å². The number of nitrogens with zero attached hydrogens (tertiary/aromatic N) is 2. The van der Waals surface area contributed by atoms with Crippen molar-refractivity contribution in [3.05, 3.63) is 54.1 Å². The number of hydrogen-bond donors (Lipinski definition) is 0. The Morgan fingerprint density at radius 2 is 1.29 bits per heavy atom. The topological polar surface area (TPSA) is 34.9 Å². The highest BCUT2D eigenvalue weighted by Gasteiger charge is 2.19. The molecule has 2 aromatic rings. The fourth-order valence-corrected chi connectivity index (χ4v) is 5.31. The first-order valence-electron chi connectivity index (χ1n) is 14.8. The van der Waals surface area contributed by atoms with Gasteiger partial charge in [-0.15, -0.1) is 0 Å². The molecule has 1 aromatic carbocycles. The lowest BCUT2D eigenvalue weighted by Gasteiger charge is -2.20. The molecule has 1 heterocycles. The zero-order valence-corrected chi connectivity index (χ0v) is 23.0. The van der Waals surface area contributed by atoms with Crippen LogP contribution in [0.4, 0.5) is 0 Å². The smallest absolute Gasteiger partial charge is 0.140 e. The van der Waals surface area contributed by atoms with Gasteiger partial charge in [-0.25, -0.2) is 4.98 Å². The summed E-state index contributed by atoms with van der Waals surface area (Å²) in [5.41, 5.74) is 2.48. The Morgan fingerprint density at radius 3 is 1.77 bits per heavy atom. The van der Waals surface area contributed by atoms with Gasteiger partial charge in [0.2, 0.25) is 0 Å². The van der Waals surface area contributed by atoms with Crippen LogP contribution in [0.2, 0.25) is 0 Å². The third-order valence-electron chi connectivity index (χ3n) is 7.49. The first-order chi connectivity index (χ1) is 17.2. The van der Waals surface area contributed by atoms with Crippen molar-refractivity contribution in [3.63, 3.8) is 0 Å². The van der Waals surface area contributed by atoms with Crippen LogP contribution in [0.3, 0.4) is 0 Å². The van der Waals surface area contributed by atoms with Crippen LogP contribution in [0.25, 0.3) is 0 Å². The van der Waals surface area contributed by atoms with Gasteiger partial charge in [0, 0.05) is 24.7 Å². The molecule has 0 aliphatic rings. The maximum Gasteiger partial charge on any atom is 0.140 e. The van der Waals surface area contributed by atoms with Crippen LogP contribution in [-0.4, -0.2) is 15.3 Å². The van der Waals surface area contributed by atoms with Crippen LogP contribution in [0, 0.1) is 0 Å². The number of unbranched alkanes of at least 4 members (excludes halogenated alkanes) is 12. The van der Waals surface area contributed by atoms with Crippen molar-refractivity contribution < 1.29 is 4.79 Å². The summed E-state index contributed by atoms with van der Waals surface area (Å²) in [5.74, 6) is 0.460. The van der Waals surface area contributed by atoms with Gasteiger partial charge in [-0.1, -0.05) is 129 Å². The predicted molar refractivity (Wildman–Crippen MR) is 150 cm³/mol.